The summed E-state index contributed by atoms with van der Waals surface area (Å²) in [5.74, 6) is -0.359. The van der Waals surface area contributed by atoms with Crippen molar-refractivity contribution < 1.29 is 9.59 Å². The Morgan fingerprint density at radius 1 is 0.900 bits per heavy atom. The van der Waals surface area contributed by atoms with Gasteiger partial charge < -0.3 is 16.0 Å². The second-order valence-corrected chi connectivity index (χ2v) is 7.34. The molecule has 0 radical (unpaired) electrons. The van der Waals surface area contributed by atoms with Crippen LogP contribution in [0.5, 0.6) is 0 Å². The van der Waals surface area contributed by atoms with Crippen molar-refractivity contribution in [3.05, 3.63) is 95.1 Å². The molecule has 154 valence electrons. The Morgan fingerprint density at radius 3 is 2.40 bits per heavy atom. The van der Waals surface area contributed by atoms with E-state index in [9.17, 15) is 9.59 Å². The van der Waals surface area contributed by atoms with E-state index in [1.54, 1.807) is 24.3 Å². The summed E-state index contributed by atoms with van der Waals surface area (Å²) in [4.78, 5) is 25.0. The third-order valence-electron chi connectivity index (χ3n) is 5.10. The van der Waals surface area contributed by atoms with Crippen LogP contribution in [0.3, 0.4) is 0 Å². The molecule has 0 saturated heterocycles. The maximum atomic E-state index is 12.6. The third kappa shape index (κ3) is 5.47. The van der Waals surface area contributed by atoms with Crippen molar-refractivity contribution in [2.45, 2.75) is 26.8 Å². The molecule has 0 aliphatic carbocycles. The van der Waals surface area contributed by atoms with E-state index in [1.807, 2.05) is 69.3 Å². The second kappa shape index (κ2) is 9.74. The van der Waals surface area contributed by atoms with E-state index < -0.39 is 0 Å². The number of benzene rings is 3. The number of amides is 2. The lowest BCUT2D eigenvalue weighted by Gasteiger charge is -2.15. The number of carbonyl (C=O) groups is 2. The summed E-state index contributed by atoms with van der Waals surface area (Å²) in [5, 5.41) is 9.00. The van der Waals surface area contributed by atoms with Gasteiger partial charge in [0.25, 0.3) is 5.91 Å². The zero-order valence-electron chi connectivity index (χ0n) is 17.5. The number of hydrogen-bond donors (Lipinski definition) is 3. The highest BCUT2D eigenvalue weighted by atomic mass is 16.2. The molecule has 0 saturated carbocycles. The van der Waals surface area contributed by atoms with E-state index in [4.69, 9.17) is 0 Å². The first kappa shape index (κ1) is 21.1. The van der Waals surface area contributed by atoms with Crippen LogP contribution in [-0.4, -0.2) is 18.4 Å². The second-order valence-electron chi connectivity index (χ2n) is 7.34. The van der Waals surface area contributed by atoms with Crippen LogP contribution in [0.1, 0.15) is 40.0 Å². The van der Waals surface area contributed by atoms with E-state index in [2.05, 4.69) is 16.0 Å². The van der Waals surface area contributed by atoms with Gasteiger partial charge in [-0.2, -0.15) is 0 Å². The van der Waals surface area contributed by atoms with Gasteiger partial charge in [-0.05, 0) is 61.7 Å². The molecule has 0 aliphatic rings. The normalized spacial score (nSPS) is 11.4. The first-order chi connectivity index (χ1) is 14.4. The summed E-state index contributed by atoms with van der Waals surface area (Å²) in [5.41, 5.74) is 5.35. The molecule has 5 heteroatoms. The smallest absolute Gasteiger partial charge is 0.251 e. The number of carbonyl (C=O) groups excluding carboxylic acids is 2. The Hall–Kier alpha value is -3.60. The van der Waals surface area contributed by atoms with Crippen LogP contribution in [0.4, 0.5) is 11.4 Å². The standard InChI is InChI=1S/C25H27N3O2/c1-17-9-7-14-23(18(17)2)26-16-24(29)28-22-13-8-12-21(15-22)25(30)27-19(3)20-10-5-4-6-11-20/h4-15,19,26H,16H2,1-3H3,(H,27,30)(H,28,29). The number of anilines is 2. The maximum Gasteiger partial charge on any atom is 0.251 e. The monoisotopic (exact) mass is 401 g/mol. The molecule has 3 aromatic carbocycles. The van der Waals surface area contributed by atoms with Crippen LogP contribution in [-0.2, 0) is 4.79 Å². The number of hydrogen-bond acceptors (Lipinski definition) is 3. The molecule has 3 rings (SSSR count). The van der Waals surface area contributed by atoms with Crippen molar-refractivity contribution in [3.63, 3.8) is 0 Å². The molecule has 0 bridgehead atoms. The Labute approximate surface area is 177 Å². The van der Waals surface area contributed by atoms with Crippen molar-refractivity contribution in [1.29, 1.82) is 0 Å². The van der Waals surface area contributed by atoms with Crippen LogP contribution in [0.2, 0.25) is 0 Å². The fourth-order valence-electron chi connectivity index (χ4n) is 3.17. The van der Waals surface area contributed by atoms with Gasteiger partial charge in [0.15, 0.2) is 0 Å². The lowest BCUT2D eigenvalue weighted by Crippen LogP contribution is -2.27. The average Bonchev–Trinajstić information content (AvgIpc) is 2.75. The summed E-state index contributed by atoms with van der Waals surface area (Å²) in [7, 11) is 0. The van der Waals surface area contributed by atoms with Gasteiger partial charge in [0.1, 0.15) is 0 Å². The summed E-state index contributed by atoms with van der Waals surface area (Å²) < 4.78 is 0. The summed E-state index contributed by atoms with van der Waals surface area (Å²) in [6.45, 7) is 6.15. The third-order valence-corrected chi connectivity index (χ3v) is 5.10. The van der Waals surface area contributed by atoms with Gasteiger partial charge in [-0.1, -0.05) is 48.5 Å². The van der Waals surface area contributed by atoms with Crippen LogP contribution >= 0.6 is 0 Å². The van der Waals surface area contributed by atoms with Crippen molar-refractivity contribution in [2.24, 2.45) is 0 Å². The largest absolute Gasteiger partial charge is 0.376 e. The molecular weight excluding hydrogens is 374 g/mol. The lowest BCUT2D eigenvalue weighted by molar-refractivity contribution is -0.114. The topological polar surface area (TPSA) is 70.2 Å². The van der Waals surface area contributed by atoms with Gasteiger partial charge >= 0.3 is 0 Å². The Bertz CT molecular complexity index is 1030. The van der Waals surface area contributed by atoms with E-state index in [0.717, 1.165) is 16.8 Å². The van der Waals surface area contributed by atoms with E-state index in [1.165, 1.54) is 5.56 Å². The summed E-state index contributed by atoms with van der Waals surface area (Å²) >= 11 is 0. The predicted molar refractivity (Wildman–Crippen MR) is 122 cm³/mol. The molecule has 5 nitrogen and oxygen atoms in total. The highest BCUT2D eigenvalue weighted by Crippen LogP contribution is 2.18. The van der Waals surface area contributed by atoms with Gasteiger partial charge in [-0.25, -0.2) is 0 Å². The van der Waals surface area contributed by atoms with Crippen molar-refractivity contribution in [2.75, 3.05) is 17.2 Å². The fraction of sp³-hybridized carbons (Fsp3) is 0.200. The molecule has 0 heterocycles. The number of rotatable bonds is 7. The summed E-state index contributed by atoms with van der Waals surface area (Å²) in [6, 6.07) is 22.6. The average molecular weight is 402 g/mol. The van der Waals surface area contributed by atoms with Crippen molar-refractivity contribution in [1.82, 2.24) is 5.32 Å². The summed E-state index contributed by atoms with van der Waals surface area (Å²) in [6.07, 6.45) is 0. The highest BCUT2D eigenvalue weighted by molar-refractivity contribution is 5.98. The van der Waals surface area contributed by atoms with Gasteiger partial charge in [-0.3, -0.25) is 9.59 Å². The highest BCUT2D eigenvalue weighted by Gasteiger charge is 2.12. The lowest BCUT2D eigenvalue weighted by atomic mass is 10.1. The maximum absolute atomic E-state index is 12.6. The molecule has 2 amide bonds. The number of nitrogens with one attached hydrogen (secondary N) is 3. The fourth-order valence-corrected chi connectivity index (χ4v) is 3.17. The van der Waals surface area contributed by atoms with E-state index in [-0.39, 0.29) is 24.4 Å². The van der Waals surface area contributed by atoms with Crippen LogP contribution in [0.25, 0.3) is 0 Å². The molecule has 1 unspecified atom stereocenters. The Morgan fingerprint density at radius 2 is 1.63 bits per heavy atom. The molecule has 0 spiro atoms. The molecular formula is C25H27N3O2. The molecule has 3 N–H and O–H groups in total. The zero-order chi connectivity index (χ0) is 21.5. The van der Waals surface area contributed by atoms with Crippen LogP contribution in [0.15, 0.2) is 72.8 Å². The Kier molecular flexibility index (Phi) is 6.86. The first-order valence-electron chi connectivity index (χ1n) is 10.00. The van der Waals surface area contributed by atoms with Gasteiger partial charge in [0, 0.05) is 16.9 Å². The predicted octanol–water partition coefficient (Wildman–Crippen LogP) is 4.85. The number of aryl methyl sites for hydroxylation is 1. The minimum Gasteiger partial charge on any atom is -0.376 e. The molecule has 0 aliphatic heterocycles. The van der Waals surface area contributed by atoms with Crippen molar-refractivity contribution >= 4 is 23.2 Å². The molecule has 3 aromatic rings. The molecule has 0 aromatic heterocycles. The molecule has 1 atom stereocenters. The van der Waals surface area contributed by atoms with Crippen LogP contribution in [0, 0.1) is 13.8 Å². The zero-order valence-corrected chi connectivity index (χ0v) is 17.5. The first-order valence-corrected chi connectivity index (χ1v) is 10.00. The molecule has 0 fully saturated rings. The minimum atomic E-state index is -0.184. The molecule has 30 heavy (non-hydrogen) atoms. The SMILES string of the molecule is Cc1cccc(NCC(=O)Nc2cccc(C(=O)NC(C)c3ccccc3)c2)c1C. The quantitative estimate of drug-likeness (QED) is 0.530. The Balaban J connectivity index is 1.58. The van der Waals surface area contributed by atoms with E-state index in [0.29, 0.717) is 11.3 Å². The minimum absolute atomic E-state index is 0.112. The van der Waals surface area contributed by atoms with Crippen LogP contribution < -0.4 is 16.0 Å². The van der Waals surface area contributed by atoms with Gasteiger partial charge in [0.2, 0.25) is 5.91 Å². The van der Waals surface area contributed by atoms with Gasteiger partial charge in [0.05, 0.1) is 12.6 Å². The van der Waals surface area contributed by atoms with Gasteiger partial charge in [-0.15, -0.1) is 0 Å². The van der Waals surface area contributed by atoms with E-state index >= 15 is 0 Å². The van der Waals surface area contributed by atoms with Crippen molar-refractivity contribution in [3.8, 4) is 0 Å².